The van der Waals surface area contributed by atoms with Crippen LogP contribution in [0.3, 0.4) is 0 Å². The van der Waals surface area contributed by atoms with Crippen LogP contribution in [0, 0.1) is 12.7 Å². The van der Waals surface area contributed by atoms with Crippen LogP contribution in [0.4, 0.5) is 4.39 Å². The summed E-state index contributed by atoms with van der Waals surface area (Å²) in [6.45, 7) is 2.43. The van der Waals surface area contributed by atoms with Crippen molar-refractivity contribution in [3.63, 3.8) is 0 Å². The summed E-state index contributed by atoms with van der Waals surface area (Å²) in [4.78, 5) is 0. The van der Waals surface area contributed by atoms with Gasteiger partial charge in [-0.25, -0.2) is 4.39 Å². The summed E-state index contributed by atoms with van der Waals surface area (Å²) < 4.78 is 18.5. The highest BCUT2D eigenvalue weighted by Crippen LogP contribution is 2.35. The summed E-state index contributed by atoms with van der Waals surface area (Å²) >= 11 is 0. The standard InChI is InChI=1S/C10H12FNO/c1-6-2-3-7(11)10-9(6)8(12)4-5-13-10/h2-3,8H,4-5,12H2,1H3/t8-/m0/s1. The van der Waals surface area contributed by atoms with E-state index in [2.05, 4.69) is 0 Å². The summed E-state index contributed by atoms with van der Waals surface area (Å²) in [6.07, 6.45) is 0.761. The fourth-order valence-corrected chi connectivity index (χ4v) is 1.71. The van der Waals surface area contributed by atoms with E-state index < -0.39 is 0 Å². The van der Waals surface area contributed by atoms with Gasteiger partial charge in [-0.05, 0) is 18.6 Å². The van der Waals surface area contributed by atoms with Gasteiger partial charge in [0.15, 0.2) is 11.6 Å². The van der Waals surface area contributed by atoms with Gasteiger partial charge in [0.2, 0.25) is 0 Å². The molecule has 0 saturated carbocycles. The molecule has 2 N–H and O–H groups in total. The monoisotopic (exact) mass is 181 g/mol. The molecule has 2 rings (SSSR count). The number of benzene rings is 1. The molecule has 3 heteroatoms. The smallest absolute Gasteiger partial charge is 0.165 e. The number of hydrogen-bond acceptors (Lipinski definition) is 2. The van der Waals surface area contributed by atoms with Crippen LogP contribution >= 0.6 is 0 Å². The highest BCUT2D eigenvalue weighted by Gasteiger charge is 2.22. The summed E-state index contributed by atoms with van der Waals surface area (Å²) in [5.41, 5.74) is 7.70. The van der Waals surface area contributed by atoms with E-state index in [4.69, 9.17) is 10.5 Å². The Kier molecular flexibility index (Phi) is 1.96. The zero-order valence-electron chi connectivity index (χ0n) is 7.51. The van der Waals surface area contributed by atoms with Gasteiger partial charge in [0, 0.05) is 18.0 Å². The number of nitrogens with two attached hydrogens (primary N) is 1. The molecule has 2 nitrogen and oxygen atoms in total. The summed E-state index contributed by atoms with van der Waals surface area (Å²) in [7, 11) is 0. The molecule has 0 unspecified atom stereocenters. The number of hydrogen-bond donors (Lipinski definition) is 1. The first-order valence-corrected chi connectivity index (χ1v) is 4.37. The van der Waals surface area contributed by atoms with E-state index in [0.717, 1.165) is 17.5 Å². The number of fused-ring (bicyclic) bond motifs is 1. The first-order chi connectivity index (χ1) is 6.20. The van der Waals surface area contributed by atoms with Crippen molar-refractivity contribution < 1.29 is 9.13 Å². The molecule has 0 aromatic heterocycles. The fourth-order valence-electron chi connectivity index (χ4n) is 1.71. The average Bonchev–Trinajstić information content (AvgIpc) is 2.12. The number of halogens is 1. The zero-order chi connectivity index (χ0) is 9.42. The van der Waals surface area contributed by atoms with Gasteiger partial charge in [-0.15, -0.1) is 0 Å². The molecule has 1 aliphatic heterocycles. The van der Waals surface area contributed by atoms with Crippen molar-refractivity contribution >= 4 is 0 Å². The van der Waals surface area contributed by atoms with Crippen molar-refractivity contribution in [3.05, 3.63) is 29.1 Å². The third-order valence-corrected chi connectivity index (χ3v) is 2.41. The predicted molar refractivity (Wildman–Crippen MR) is 48.2 cm³/mol. The van der Waals surface area contributed by atoms with Gasteiger partial charge >= 0.3 is 0 Å². The Balaban J connectivity index is 2.60. The van der Waals surface area contributed by atoms with E-state index in [1.807, 2.05) is 6.92 Å². The SMILES string of the molecule is Cc1ccc(F)c2c1[C@@H](N)CCO2. The molecule has 1 heterocycles. The highest BCUT2D eigenvalue weighted by atomic mass is 19.1. The van der Waals surface area contributed by atoms with Crippen molar-refractivity contribution in [1.82, 2.24) is 0 Å². The van der Waals surface area contributed by atoms with E-state index in [1.165, 1.54) is 6.07 Å². The minimum Gasteiger partial charge on any atom is -0.490 e. The van der Waals surface area contributed by atoms with Crippen molar-refractivity contribution in [2.75, 3.05) is 6.61 Å². The maximum atomic E-state index is 13.2. The normalized spacial score (nSPS) is 20.7. The van der Waals surface area contributed by atoms with E-state index in [9.17, 15) is 4.39 Å². The van der Waals surface area contributed by atoms with Crippen LogP contribution in [0.2, 0.25) is 0 Å². The lowest BCUT2D eigenvalue weighted by molar-refractivity contribution is 0.255. The Morgan fingerprint density at radius 2 is 2.31 bits per heavy atom. The molecule has 13 heavy (non-hydrogen) atoms. The van der Waals surface area contributed by atoms with Crippen LogP contribution in [0.25, 0.3) is 0 Å². The van der Waals surface area contributed by atoms with E-state index in [1.54, 1.807) is 6.07 Å². The number of rotatable bonds is 0. The van der Waals surface area contributed by atoms with Gasteiger partial charge in [-0.3, -0.25) is 0 Å². The van der Waals surface area contributed by atoms with Crippen molar-refractivity contribution in [2.24, 2.45) is 5.73 Å². The molecule has 1 aliphatic rings. The number of ether oxygens (including phenoxy) is 1. The second kappa shape index (κ2) is 3.00. The molecule has 0 spiro atoms. The second-order valence-electron chi connectivity index (χ2n) is 3.35. The third kappa shape index (κ3) is 1.29. The Hall–Kier alpha value is -1.09. The van der Waals surface area contributed by atoms with Crippen molar-refractivity contribution in [3.8, 4) is 5.75 Å². The molecule has 0 radical (unpaired) electrons. The molecule has 1 atom stereocenters. The molecule has 70 valence electrons. The Bertz CT molecular complexity index is 338. The van der Waals surface area contributed by atoms with Crippen LogP contribution < -0.4 is 10.5 Å². The summed E-state index contributed by atoms with van der Waals surface area (Å²) in [6, 6.07) is 3.08. The largest absolute Gasteiger partial charge is 0.490 e. The first kappa shape index (κ1) is 8.51. The molecule has 0 fully saturated rings. The second-order valence-corrected chi connectivity index (χ2v) is 3.35. The van der Waals surface area contributed by atoms with Gasteiger partial charge in [-0.2, -0.15) is 0 Å². The topological polar surface area (TPSA) is 35.2 Å². The van der Waals surface area contributed by atoms with Crippen LogP contribution in [0.5, 0.6) is 5.75 Å². The van der Waals surface area contributed by atoms with Crippen LogP contribution in [0.1, 0.15) is 23.6 Å². The lowest BCUT2D eigenvalue weighted by Crippen LogP contribution is -2.22. The summed E-state index contributed by atoms with van der Waals surface area (Å²) in [5, 5.41) is 0. The maximum absolute atomic E-state index is 13.2. The van der Waals surface area contributed by atoms with Crippen LogP contribution in [-0.4, -0.2) is 6.61 Å². The third-order valence-electron chi connectivity index (χ3n) is 2.41. The Labute approximate surface area is 76.5 Å². The fraction of sp³-hybridized carbons (Fsp3) is 0.400. The summed E-state index contributed by atoms with van der Waals surface area (Å²) in [5.74, 6) is 0.0366. The van der Waals surface area contributed by atoms with E-state index >= 15 is 0 Å². The van der Waals surface area contributed by atoms with Crippen LogP contribution in [0.15, 0.2) is 12.1 Å². The van der Waals surface area contributed by atoms with Gasteiger partial charge in [0.05, 0.1) is 6.61 Å². The molecule has 1 aromatic rings. The number of aryl methyl sites for hydroxylation is 1. The first-order valence-electron chi connectivity index (χ1n) is 4.37. The van der Waals surface area contributed by atoms with E-state index in [0.29, 0.717) is 12.4 Å². The molecule has 0 aliphatic carbocycles. The molecule has 0 bridgehead atoms. The van der Waals surface area contributed by atoms with Gasteiger partial charge < -0.3 is 10.5 Å². The minimum absolute atomic E-state index is 0.0838. The van der Waals surface area contributed by atoms with Gasteiger partial charge in [-0.1, -0.05) is 6.07 Å². The van der Waals surface area contributed by atoms with Gasteiger partial charge in [0.25, 0.3) is 0 Å². The lowest BCUT2D eigenvalue weighted by Gasteiger charge is -2.24. The van der Waals surface area contributed by atoms with Crippen molar-refractivity contribution in [2.45, 2.75) is 19.4 Å². The minimum atomic E-state index is -0.309. The predicted octanol–water partition coefficient (Wildman–Crippen LogP) is 1.92. The van der Waals surface area contributed by atoms with Gasteiger partial charge in [0.1, 0.15) is 0 Å². The molecule has 0 amide bonds. The average molecular weight is 181 g/mol. The molecular weight excluding hydrogens is 169 g/mol. The molecular formula is C10H12FNO. The van der Waals surface area contributed by atoms with Crippen molar-refractivity contribution in [1.29, 1.82) is 0 Å². The lowest BCUT2D eigenvalue weighted by atomic mass is 9.96. The molecule has 1 aromatic carbocycles. The Morgan fingerprint density at radius 1 is 1.54 bits per heavy atom. The Morgan fingerprint density at radius 3 is 3.00 bits per heavy atom. The van der Waals surface area contributed by atoms with E-state index in [-0.39, 0.29) is 11.9 Å². The zero-order valence-corrected chi connectivity index (χ0v) is 7.51. The highest BCUT2D eigenvalue weighted by molar-refractivity contribution is 5.44. The molecule has 0 saturated heterocycles. The quantitative estimate of drug-likeness (QED) is 0.663. The van der Waals surface area contributed by atoms with Crippen LogP contribution in [-0.2, 0) is 0 Å². The maximum Gasteiger partial charge on any atom is 0.165 e.